The average molecular weight is 391 g/mol. The molecule has 0 bridgehead atoms. The van der Waals surface area contributed by atoms with Crippen LogP contribution in [0, 0.1) is 0 Å². The van der Waals surface area contributed by atoms with Crippen molar-refractivity contribution in [2.24, 2.45) is 0 Å². The minimum Gasteiger partial charge on any atom is -0.464 e. The van der Waals surface area contributed by atoms with Gasteiger partial charge in [0.2, 0.25) is 0 Å². The molecular weight excluding hydrogens is 348 g/mol. The summed E-state index contributed by atoms with van der Waals surface area (Å²) >= 11 is 0. The number of unbranched alkanes of at least 4 members (excludes halogenated alkanes) is 3. The molecule has 0 aliphatic rings. The Kier molecular flexibility index (Phi) is 22.0. The molecule has 0 fully saturated rings. The number of hydrogen-bond donors (Lipinski definition) is 0. The Hall–Kier alpha value is -1.14. The first-order valence-corrected chi connectivity index (χ1v) is 10.5. The molecule has 27 heavy (non-hydrogen) atoms. The highest BCUT2D eigenvalue weighted by atomic mass is 16.6. The predicted molar refractivity (Wildman–Crippen MR) is 108 cm³/mol. The van der Waals surface area contributed by atoms with Crippen LogP contribution < -0.4 is 0 Å². The van der Waals surface area contributed by atoms with Crippen molar-refractivity contribution in [2.75, 3.05) is 26.4 Å². The third-order valence-corrected chi connectivity index (χ3v) is 3.59. The standard InChI is InChI=1S/C11H22O3.C10H20O3/c1-4-6-8-13-10(3)11(12)14-9-7-5-2;1-4-6-8-12-9(3)10(11)13-7-5-2/h10H,4-9H2,1-3H3;9H,4-8H2,1-3H3. The molecule has 0 saturated heterocycles. The van der Waals surface area contributed by atoms with Gasteiger partial charge in [0, 0.05) is 13.2 Å². The third-order valence-electron chi connectivity index (χ3n) is 3.59. The monoisotopic (exact) mass is 390 g/mol. The minimum absolute atomic E-state index is 0.241. The maximum atomic E-state index is 11.3. The Bertz CT molecular complexity index is 346. The molecule has 2 atom stereocenters. The topological polar surface area (TPSA) is 71.1 Å². The quantitative estimate of drug-likeness (QED) is 0.299. The summed E-state index contributed by atoms with van der Waals surface area (Å²) in [6.07, 6.45) is 6.13. The predicted octanol–water partition coefficient (Wildman–Crippen LogP) is 4.68. The van der Waals surface area contributed by atoms with Gasteiger partial charge in [-0.15, -0.1) is 0 Å². The Morgan fingerprint density at radius 2 is 0.963 bits per heavy atom. The van der Waals surface area contributed by atoms with Gasteiger partial charge in [0.15, 0.2) is 12.2 Å². The Labute approximate surface area is 166 Å². The van der Waals surface area contributed by atoms with Crippen LogP contribution in [-0.2, 0) is 28.5 Å². The lowest BCUT2D eigenvalue weighted by atomic mass is 10.3. The maximum absolute atomic E-state index is 11.3. The molecule has 0 radical (unpaired) electrons. The van der Waals surface area contributed by atoms with Crippen molar-refractivity contribution < 1.29 is 28.5 Å². The van der Waals surface area contributed by atoms with Crippen LogP contribution in [0.3, 0.4) is 0 Å². The maximum Gasteiger partial charge on any atom is 0.334 e. The zero-order valence-electron chi connectivity index (χ0n) is 18.4. The number of carbonyl (C=O) groups excluding carboxylic acids is 2. The largest absolute Gasteiger partial charge is 0.464 e. The van der Waals surface area contributed by atoms with Crippen LogP contribution >= 0.6 is 0 Å². The molecule has 0 aliphatic heterocycles. The van der Waals surface area contributed by atoms with Gasteiger partial charge < -0.3 is 18.9 Å². The molecule has 2 unspecified atom stereocenters. The van der Waals surface area contributed by atoms with Gasteiger partial charge in [-0.25, -0.2) is 9.59 Å². The van der Waals surface area contributed by atoms with Gasteiger partial charge in [0.1, 0.15) is 0 Å². The summed E-state index contributed by atoms with van der Waals surface area (Å²) < 4.78 is 20.5. The molecule has 0 N–H and O–H groups in total. The van der Waals surface area contributed by atoms with E-state index >= 15 is 0 Å². The van der Waals surface area contributed by atoms with E-state index in [1.165, 1.54) is 0 Å². The van der Waals surface area contributed by atoms with E-state index in [-0.39, 0.29) is 11.9 Å². The van der Waals surface area contributed by atoms with Gasteiger partial charge in [0.05, 0.1) is 13.2 Å². The zero-order valence-corrected chi connectivity index (χ0v) is 18.4. The zero-order chi connectivity index (χ0) is 20.9. The van der Waals surface area contributed by atoms with Crippen molar-refractivity contribution in [1.29, 1.82) is 0 Å². The molecule has 6 heteroatoms. The SMILES string of the molecule is CCCCOC(=O)C(C)OCCCC.CCCCOC(C)C(=O)OCCC. The van der Waals surface area contributed by atoms with Gasteiger partial charge in [0.25, 0.3) is 0 Å². The number of esters is 2. The second-order valence-electron chi connectivity index (χ2n) is 6.42. The second kappa shape index (κ2) is 21.2. The third kappa shape index (κ3) is 19.4. The summed E-state index contributed by atoms with van der Waals surface area (Å²) in [7, 11) is 0. The number of ether oxygens (including phenoxy) is 4. The summed E-state index contributed by atoms with van der Waals surface area (Å²) in [5.74, 6) is -0.493. The van der Waals surface area contributed by atoms with Gasteiger partial charge in [-0.3, -0.25) is 0 Å². The van der Waals surface area contributed by atoms with Crippen molar-refractivity contribution >= 4 is 11.9 Å². The molecule has 0 saturated carbocycles. The molecule has 0 rings (SSSR count). The van der Waals surface area contributed by atoms with Crippen LogP contribution in [0.5, 0.6) is 0 Å². The van der Waals surface area contributed by atoms with Crippen LogP contribution in [-0.4, -0.2) is 50.6 Å². The van der Waals surface area contributed by atoms with Crippen molar-refractivity contribution in [3.05, 3.63) is 0 Å². The molecule has 0 aromatic carbocycles. The van der Waals surface area contributed by atoms with Gasteiger partial charge in [-0.1, -0.05) is 47.0 Å². The van der Waals surface area contributed by atoms with Crippen LogP contribution in [0.4, 0.5) is 0 Å². The average Bonchev–Trinajstić information content (AvgIpc) is 2.66. The summed E-state index contributed by atoms with van der Waals surface area (Å²) in [6, 6.07) is 0. The normalized spacial score (nSPS) is 12.5. The summed E-state index contributed by atoms with van der Waals surface area (Å²) in [4.78, 5) is 22.4. The lowest BCUT2D eigenvalue weighted by Crippen LogP contribution is -2.24. The fourth-order valence-electron chi connectivity index (χ4n) is 1.70. The number of carbonyl (C=O) groups is 2. The number of hydrogen-bond acceptors (Lipinski definition) is 6. The Morgan fingerprint density at radius 3 is 1.33 bits per heavy atom. The Balaban J connectivity index is 0. The van der Waals surface area contributed by atoms with E-state index in [0.29, 0.717) is 26.4 Å². The van der Waals surface area contributed by atoms with Crippen LogP contribution in [0.25, 0.3) is 0 Å². The van der Waals surface area contributed by atoms with E-state index in [1.54, 1.807) is 13.8 Å². The van der Waals surface area contributed by atoms with Gasteiger partial charge >= 0.3 is 11.9 Å². The molecule has 0 aromatic rings. The van der Waals surface area contributed by atoms with E-state index < -0.39 is 12.2 Å². The molecular formula is C21H42O6. The molecule has 0 amide bonds. The summed E-state index contributed by atoms with van der Waals surface area (Å²) in [5.41, 5.74) is 0. The molecule has 0 spiro atoms. The summed E-state index contributed by atoms with van der Waals surface area (Å²) in [5, 5.41) is 0. The highest BCUT2D eigenvalue weighted by Gasteiger charge is 2.14. The number of rotatable bonds is 15. The first-order chi connectivity index (χ1) is 12.9. The first-order valence-electron chi connectivity index (χ1n) is 10.5. The lowest BCUT2D eigenvalue weighted by molar-refractivity contribution is -0.156. The summed E-state index contributed by atoms with van der Waals surface area (Å²) in [6.45, 7) is 14.0. The van der Waals surface area contributed by atoms with E-state index in [1.807, 2.05) is 6.92 Å². The minimum atomic E-state index is -0.418. The van der Waals surface area contributed by atoms with Gasteiger partial charge in [-0.05, 0) is 39.5 Å². The van der Waals surface area contributed by atoms with E-state index in [0.717, 1.165) is 44.9 Å². The van der Waals surface area contributed by atoms with Crippen LogP contribution in [0.15, 0.2) is 0 Å². The van der Waals surface area contributed by atoms with Gasteiger partial charge in [-0.2, -0.15) is 0 Å². The lowest BCUT2D eigenvalue weighted by Gasteiger charge is -2.11. The Morgan fingerprint density at radius 1 is 0.593 bits per heavy atom. The smallest absolute Gasteiger partial charge is 0.334 e. The van der Waals surface area contributed by atoms with Crippen molar-refractivity contribution in [2.45, 2.75) is 98.7 Å². The van der Waals surface area contributed by atoms with Crippen molar-refractivity contribution in [3.63, 3.8) is 0 Å². The molecule has 0 aromatic heterocycles. The van der Waals surface area contributed by atoms with Crippen LogP contribution in [0.2, 0.25) is 0 Å². The van der Waals surface area contributed by atoms with Crippen molar-refractivity contribution in [1.82, 2.24) is 0 Å². The van der Waals surface area contributed by atoms with Crippen LogP contribution in [0.1, 0.15) is 86.5 Å². The van der Waals surface area contributed by atoms with E-state index in [2.05, 4.69) is 20.8 Å². The molecule has 0 heterocycles. The highest BCUT2D eigenvalue weighted by Crippen LogP contribution is 1.99. The first kappa shape index (κ1) is 28.1. The fraction of sp³-hybridized carbons (Fsp3) is 0.905. The second-order valence-corrected chi connectivity index (χ2v) is 6.42. The molecule has 0 aliphatic carbocycles. The molecule has 162 valence electrons. The highest BCUT2D eigenvalue weighted by molar-refractivity contribution is 5.74. The van der Waals surface area contributed by atoms with E-state index in [9.17, 15) is 9.59 Å². The van der Waals surface area contributed by atoms with Crippen molar-refractivity contribution in [3.8, 4) is 0 Å². The molecule has 6 nitrogen and oxygen atoms in total. The van der Waals surface area contributed by atoms with E-state index in [4.69, 9.17) is 18.9 Å². The fourth-order valence-corrected chi connectivity index (χ4v) is 1.70.